The SMILES string of the molecule is C1=C(c2nc(-c3ccccc3)c(-c3ccccc3)o2)CCCCC1. The molecule has 0 unspecified atom stereocenters. The van der Waals surface area contributed by atoms with E-state index in [4.69, 9.17) is 9.40 Å². The van der Waals surface area contributed by atoms with Crippen molar-refractivity contribution in [3.05, 3.63) is 72.6 Å². The monoisotopic (exact) mass is 315 g/mol. The van der Waals surface area contributed by atoms with E-state index >= 15 is 0 Å². The number of hydrogen-bond acceptors (Lipinski definition) is 2. The van der Waals surface area contributed by atoms with Gasteiger partial charge in [0.05, 0.1) is 0 Å². The van der Waals surface area contributed by atoms with Gasteiger partial charge in [-0.05, 0) is 25.7 Å². The molecule has 2 aromatic carbocycles. The lowest BCUT2D eigenvalue weighted by Gasteiger charge is -2.01. The molecule has 0 amide bonds. The van der Waals surface area contributed by atoms with Crippen LogP contribution in [0.1, 0.15) is 38.0 Å². The third-order valence-corrected chi connectivity index (χ3v) is 4.53. The first-order chi connectivity index (χ1) is 11.9. The molecule has 4 rings (SSSR count). The molecule has 0 N–H and O–H groups in total. The maximum Gasteiger partial charge on any atom is 0.222 e. The fourth-order valence-corrected chi connectivity index (χ4v) is 3.24. The van der Waals surface area contributed by atoms with Gasteiger partial charge in [0.15, 0.2) is 5.76 Å². The molecular weight excluding hydrogens is 294 g/mol. The van der Waals surface area contributed by atoms with E-state index in [0.29, 0.717) is 0 Å². The van der Waals surface area contributed by atoms with Gasteiger partial charge >= 0.3 is 0 Å². The third kappa shape index (κ3) is 3.05. The first-order valence-corrected chi connectivity index (χ1v) is 8.73. The van der Waals surface area contributed by atoms with Crippen LogP contribution in [0.15, 0.2) is 71.2 Å². The summed E-state index contributed by atoms with van der Waals surface area (Å²) in [5.74, 6) is 1.65. The summed E-state index contributed by atoms with van der Waals surface area (Å²) >= 11 is 0. The second kappa shape index (κ2) is 6.88. The standard InChI is InChI=1S/C22H21NO/c1-2-6-16-19(15-5-1)22-23-20(17-11-7-3-8-12-17)21(24-22)18-13-9-4-10-14-18/h3-4,7-15H,1-2,5-6,16H2. The van der Waals surface area contributed by atoms with Gasteiger partial charge in [-0.25, -0.2) is 4.98 Å². The lowest BCUT2D eigenvalue weighted by Crippen LogP contribution is -1.85. The molecule has 1 aromatic heterocycles. The summed E-state index contributed by atoms with van der Waals surface area (Å²) in [6.07, 6.45) is 8.26. The quantitative estimate of drug-likeness (QED) is 0.562. The van der Waals surface area contributed by atoms with Crippen molar-refractivity contribution in [2.45, 2.75) is 32.1 Å². The Bertz CT molecular complexity index is 774. The topological polar surface area (TPSA) is 26.0 Å². The van der Waals surface area contributed by atoms with Crippen LogP contribution in [0.3, 0.4) is 0 Å². The molecule has 0 radical (unpaired) electrons. The summed E-state index contributed by atoms with van der Waals surface area (Å²) in [4.78, 5) is 4.89. The van der Waals surface area contributed by atoms with E-state index in [0.717, 1.165) is 41.3 Å². The average Bonchev–Trinajstić information content (AvgIpc) is 2.91. The zero-order valence-corrected chi connectivity index (χ0v) is 13.7. The first-order valence-electron chi connectivity index (χ1n) is 8.73. The fraction of sp³-hybridized carbons (Fsp3) is 0.227. The summed E-state index contributed by atoms with van der Waals surface area (Å²) in [6.45, 7) is 0. The second-order valence-corrected chi connectivity index (χ2v) is 6.26. The van der Waals surface area contributed by atoms with E-state index in [1.807, 2.05) is 36.4 Å². The van der Waals surface area contributed by atoms with Crippen LogP contribution in [-0.4, -0.2) is 4.98 Å². The van der Waals surface area contributed by atoms with Crippen LogP contribution >= 0.6 is 0 Å². The van der Waals surface area contributed by atoms with Crippen molar-refractivity contribution in [3.8, 4) is 22.6 Å². The molecule has 0 saturated carbocycles. The molecular formula is C22H21NO. The molecule has 0 fully saturated rings. The second-order valence-electron chi connectivity index (χ2n) is 6.26. The minimum atomic E-state index is 0.787. The Kier molecular flexibility index (Phi) is 4.28. The van der Waals surface area contributed by atoms with Crippen LogP contribution < -0.4 is 0 Å². The summed E-state index contributed by atoms with van der Waals surface area (Å²) < 4.78 is 6.27. The number of aromatic nitrogens is 1. The molecule has 0 bridgehead atoms. The minimum Gasteiger partial charge on any atom is -0.436 e. The third-order valence-electron chi connectivity index (χ3n) is 4.53. The Morgan fingerprint density at radius 3 is 2.21 bits per heavy atom. The summed E-state index contributed by atoms with van der Waals surface area (Å²) in [7, 11) is 0. The van der Waals surface area contributed by atoms with Gasteiger partial charge in [-0.1, -0.05) is 73.2 Å². The van der Waals surface area contributed by atoms with Crippen LogP contribution in [0, 0.1) is 0 Å². The van der Waals surface area contributed by atoms with Crippen molar-refractivity contribution in [2.75, 3.05) is 0 Å². The van der Waals surface area contributed by atoms with Gasteiger partial charge in [-0.15, -0.1) is 0 Å². The Balaban J connectivity index is 1.83. The van der Waals surface area contributed by atoms with E-state index in [1.165, 1.54) is 24.8 Å². The van der Waals surface area contributed by atoms with Gasteiger partial charge < -0.3 is 4.42 Å². The number of hydrogen-bond donors (Lipinski definition) is 0. The molecule has 3 aromatic rings. The Hall–Kier alpha value is -2.61. The highest BCUT2D eigenvalue weighted by molar-refractivity contribution is 5.78. The number of allylic oxidation sites excluding steroid dienone is 2. The molecule has 0 aliphatic heterocycles. The normalized spacial score (nSPS) is 14.9. The molecule has 24 heavy (non-hydrogen) atoms. The molecule has 2 heteroatoms. The van der Waals surface area contributed by atoms with Crippen molar-refractivity contribution in [1.29, 1.82) is 0 Å². The molecule has 0 saturated heterocycles. The molecule has 0 atom stereocenters. The number of rotatable bonds is 3. The van der Waals surface area contributed by atoms with Crippen molar-refractivity contribution in [2.24, 2.45) is 0 Å². The summed E-state index contributed by atoms with van der Waals surface area (Å²) in [5.41, 5.74) is 4.36. The Morgan fingerprint density at radius 1 is 0.750 bits per heavy atom. The van der Waals surface area contributed by atoms with Gasteiger partial charge in [0.1, 0.15) is 5.69 Å². The minimum absolute atomic E-state index is 0.787. The predicted molar refractivity (Wildman–Crippen MR) is 98.4 cm³/mol. The number of oxazole rings is 1. The van der Waals surface area contributed by atoms with Gasteiger partial charge in [0.25, 0.3) is 0 Å². The zero-order chi connectivity index (χ0) is 16.2. The van der Waals surface area contributed by atoms with Crippen LogP contribution in [-0.2, 0) is 0 Å². The van der Waals surface area contributed by atoms with Crippen molar-refractivity contribution in [1.82, 2.24) is 4.98 Å². The van der Waals surface area contributed by atoms with Crippen LogP contribution in [0.2, 0.25) is 0 Å². The van der Waals surface area contributed by atoms with Gasteiger partial charge in [-0.3, -0.25) is 0 Å². The van der Waals surface area contributed by atoms with Crippen molar-refractivity contribution in [3.63, 3.8) is 0 Å². The molecule has 120 valence electrons. The van der Waals surface area contributed by atoms with Crippen molar-refractivity contribution < 1.29 is 4.42 Å². The molecule has 2 nitrogen and oxygen atoms in total. The molecule has 1 heterocycles. The highest BCUT2D eigenvalue weighted by Gasteiger charge is 2.19. The van der Waals surface area contributed by atoms with E-state index < -0.39 is 0 Å². The van der Waals surface area contributed by atoms with E-state index in [9.17, 15) is 0 Å². The first kappa shape index (κ1) is 14.9. The molecule has 1 aliphatic carbocycles. The van der Waals surface area contributed by atoms with E-state index in [-0.39, 0.29) is 0 Å². The number of benzene rings is 2. The highest BCUT2D eigenvalue weighted by Crippen LogP contribution is 2.36. The van der Waals surface area contributed by atoms with E-state index in [1.54, 1.807) is 0 Å². The van der Waals surface area contributed by atoms with E-state index in [2.05, 4.69) is 30.3 Å². The Morgan fingerprint density at radius 2 is 1.46 bits per heavy atom. The van der Waals surface area contributed by atoms with Crippen LogP contribution in [0.25, 0.3) is 28.2 Å². The van der Waals surface area contributed by atoms with Crippen LogP contribution in [0.5, 0.6) is 0 Å². The van der Waals surface area contributed by atoms with Gasteiger partial charge in [0, 0.05) is 16.7 Å². The Labute approximate surface area is 142 Å². The summed E-state index contributed by atoms with van der Waals surface area (Å²) in [6, 6.07) is 20.6. The lowest BCUT2D eigenvalue weighted by molar-refractivity contribution is 0.551. The largest absolute Gasteiger partial charge is 0.436 e. The predicted octanol–water partition coefficient (Wildman–Crippen LogP) is 6.36. The highest BCUT2D eigenvalue weighted by atomic mass is 16.4. The molecule has 1 aliphatic rings. The molecule has 0 spiro atoms. The van der Waals surface area contributed by atoms with Gasteiger partial charge in [0.2, 0.25) is 5.89 Å². The fourth-order valence-electron chi connectivity index (χ4n) is 3.24. The maximum absolute atomic E-state index is 6.27. The zero-order valence-electron chi connectivity index (χ0n) is 13.7. The van der Waals surface area contributed by atoms with Gasteiger partial charge in [-0.2, -0.15) is 0 Å². The summed E-state index contributed by atoms with van der Waals surface area (Å²) in [5, 5.41) is 0. The maximum atomic E-state index is 6.27. The number of nitrogens with zero attached hydrogens (tertiary/aromatic N) is 1. The smallest absolute Gasteiger partial charge is 0.222 e. The average molecular weight is 315 g/mol. The van der Waals surface area contributed by atoms with Crippen LogP contribution in [0.4, 0.5) is 0 Å². The van der Waals surface area contributed by atoms with Crippen molar-refractivity contribution >= 4 is 5.57 Å². The lowest BCUT2D eigenvalue weighted by atomic mass is 10.1.